The summed E-state index contributed by atoms with van der Waals surface area (Å²) in [6, 6.07) is 25.3. The van der Waals surface area contributed by atoms with Gasteiger partial charge in [0.15, 0.2) is 5.78 Å². The second-order valence-corrected chi connectivity index (χ2v) is 8.95. The Morgan fingerprint density at radius 3 is 2.23 bits per heavy atom. The number of alkyl halides is 3. The van der Waals surface area contributed by atoms with E-state index in [1.54, 1.807) is 66.7 Å². The Kier molecular flexibility index (Phi) is 6.62. The van der Waals surface area contributed by atoms with E-state index in [1.165, 1.54) is 23.2 Å². The maximum Gasteiger partial charge on any atom is 0.418 e. The van der Waals surface area contributed by atoms with Gasteiger partial charge in [0.2, 0.25) is 0 Å². The van der Waals surface area contributed by atoms with Crippen LogP contribution in [0.15, 0.2) is 103 Å². The molecule has 2 amide bonds. The third-order valence-electron chi connectivity index (χ3n) is 6.45. The highest BCUT2D eigenvalue weighted by Crippen LogP contribution is 2.40. The normalized spacial score (nSPS) is 11.4. The van der Waals surface area contributed by atoms with Gasteiger partial charge in [-0.15, -0.1) is 0 Å². The monoisotopic (exact) mass is 525 g/mol. The first-order valence-corrected chi connectivity index (χ1v) is 12.0. The number of carbonyl (C=O) groups excluding carboxylic acids is 2. The molecule has 8 heteroatoms. The second-order valence-electron chi connectivity index (χ2n) is 8.95. The zero-order valence-electron chi connectivity index (χ0n) is 20.7. The molecule has 0 aliphatic rings. The van der Waals surface area contributed by atoms with Gasteiger partial charge in [0.05, 0.1) is 22.5 Å². The predicted octanol–water partition coefficient (Wildman–Crippen LogP) is 7.68. The molecule has 0 unspecified atom stereocenters. The van der Waals surface area contributed by atoms with Crippen LogP contribution < -0.4 is 10.6 Å². The van der Waals surface area contributed by atoms with Gasteiger partial charge in [0.1, 0.15) is 0 Å². The minimum absolute atomic E-state index is 0.131. The van der Waals surface area contributed by atoms with Crippen molar-refractivity contribution in [2.75, 3.05) is 4.90 Å². The molecule has 0 aliphatic carbocycles. The van der Waals surface area contributed by atoms with Crippen LogP contribution in [-0.2, 0) is 6.18 Å². The lowest BCUT2D eigenvalue weighted by molar-refractivity contribution is -0.136. The van der Waals surface area contributed by atoms with Gasteiger partial charge in [-0.2, -0.15) is 13.2 Å². The van der Waals surface area contributed by atoms with Gasteiger partial charge in [0.25, 0.3) is 0 Å². The number of amides is 2. The number of halogens is 3. The molecule has 4 aromatic carbocycles. The molecule has 0 radical (unpaired) electrons. The van der Waals surface area contributed by atoms with Crippen molar-refractivity contribution in [1.82, 2.24) is 4.98 Å². The maximum atomic E-state index is 13.9. The van der Waals surface area contributed by atoms with E-state index in [9.17, 15) is 22.8 Å². The fourth-order valence-corrected chi connectivity index (χ4v) is 4.68. The molecule has 0 atom stereocenters. The summed E-state index contributed by atoms with van der Waals surface area (Å²) < 4.78 is 41.7. The van der Waals surface area contributed by atoms with E-state index in [-0.39, 0.29) is 22.0 Å². The highest BCUT2D eigenvalue weighted by Gasteiger charge is 2.34. The number of rotatable bonds is 5. The minimum Gasteiger partial charge on any atom is -0.351 e. The molecule has 5 aromatic rings. The van der Waals surface area contributed by atoms with E-state index in [0.717, 1.165) is 11.6 Å². The van der Waals surface area contributed by atoms with Gasteiger partial charge in [0, 0.05) is 28.3 Å². The summed E-state index contributed by atoms with van der Waals surface area (Å²) in [4.78, 5) is 31.6. The minimum atomic E-state index is -4.65. The maximum absolute atomic E-state index is 13.9. The highest BCUT2D eigenvalue weighted by atomic mass is 19.4. The molecule has 39 heavy (non-hydrogen) atoms. The van der Waals surface area contributed by atoms with E-state index < -0.39 is 23.6 Å². The predicted molar refractivity (Wildman–Crippen MR) is 145 cm³/mol. The molecule has 5 rings (SSSR count). The van der Waals surface area contributed by atoms with Crippen LogP contribution in [0, 0.1) is 6.92 Å². The quantitative estimate of drug-likeness (QED) is 0.239. The third-order valence-corrected chi connectivity index (χ3v) is 6.45. The number of benzene rings is 4. The van der Waals surface area contributed by atoms with Crippen molar-refractivity contribution >= 4 is 34.1 Å². The van der Waals surface area contributed by atoms with Gasteiger partial charge >= 0.3 is 12.2 Å². The fourth-order valence-electron chi connectivity index (χ4n) is 4.68. The number of nitrogens with zero attached hydrogens (tertiary/aromatic N) is 2. The molecule has 0 saturated heterocycles. The smallest absolute Gasteiger partial charge is 0.351 e. The standard InChI is InChI=1S/C31H22F3N3O2/c1-19-9-5-6-16-26(19)37(30(35)39)22-13-7-12-21(17-22)27-23-14-8-15-25(31(32,33)34)28(23)36-18-24(27)29(38)20-10-3-2-4-11-20/h2-18H,1H3,(H2,35,39). The number of pyridine rings is 1. The molecule has 0 saturated carbocycles. The lowest BCUT2D eigenvalue weighted by Crippen LogP contribution is -2.31. The Hall–Kier alpha value is -4.98. The Balaban J connectivity index is 1.79. The van der Waals surface area contributed by atoms with Crippen molar-refractivity contribution in [3.63, 3.8) is 0 Å². The van der Waals surface area contributed by atoms with Crippen LogP contribution in [0.25, 0.3) is 22.0 Å². The molecule has 0 fully saturated rings. The number of para-hydroxylation sites is 2. The van der Waals surface area contributed by atoms with Crippen molar-refractivity contribution in [3.05, 3.63) is 126 Å². The number of ketones is 1. The molecule has 0 spiro atoms. The van der Waals surface area contributed by atoms with Gasteiger partial charge in [-0.05, 0) is 42.3 Å². The molecular weight excluding hydrogens is 503 g/mol. The fraction of sp³-hybridized carbons (Fsp3) is 0.0645. The number of primary amides is 1. The molecule has 0 aliphatic heterocycles. The lowest BCUT2D eigenvalue weighted by atomic mass is 9.91. The number of aryl methyl sites for hydroxylation is 1. The van der Waals surface area contributed by atoms with Crippen molar-refractivity contribution in [2.24, 2.45) is 5.73 Å². The van der Waals surface area contributed by atoms with Gasteiger partial charge in [-0.1, -0.05) is 72.8 Å². The SMILES string of the molecule is Cc1ccccc1N(C(N)=O)c1cccc(-c2c(C(=O)c3ccccc3)cnc3c(C(F)(F)F)cccc23)c1. The molecule has 194 valence electrons. The van der Waals surface area contributed by atoms with Crippen molar-refractivity contribution in [3.8, 4) is 11.1 Å². The summed E-state index contributed by atoms with van der Waals surface area (Å²) >= 11 is 0. The molecule has 1 heterocycles. The second kappa shape index (κ2) is 10.1. The Bertz CT molecular complexity index is 1720. The largest absolute Gasteiger partial charge is 0.418 e. The number of hydrogen-bond acceptors (Lipinski definition) is 3. The summed E-state index contributed by atoms with van der Waals surface area (Å²) in [5, 5.41) is 0.158. The highest BCUT2D eigenvalue weighted by molar-refractivity contribution is 6.17. The zero-order chi connectivity index (χ0) is 27.7. The van der Waals surface area contributed by atoms with E-state index in [0.29, 0.717) is 22.5 Å². The van der Waals surface area contributed by atoms with Crippen LogP contribution in [-0.4, -0.2) is 16.8 Å². The average Bonchev–Trinajstić information content (AvgIpc) is 2.93. The van der Waals surface area contributed by atoms with Crippen LogP contribution in [0.3, 0.4) is 0 Å². The van der Waals surface area contributed by atoms with E-state index in [4.69, 9.17) is 5.73 Å². The first-order valence-electron chi connectivity index (χ1n) is 12.0. The number of carbonyl (C=O) groups is 2. The summed E-state index contributed by atoms with van der Waals surface area (Å²) in [5.74, 6) is -0.395. The number of fused-ring (bicyclic) bond motifs is 1. The zero-order valence-corrected chi connectivity index (χ0v) is 20.7. The molecule has 1 aromatic heterocycles. The Labute approximate surface area is 222 Å². The number of urea groups is 1. The summed E-state index contributed by atoms with van der Waals surface area (Å²) in [7, 11) is 0. The summed E-state index contributed by atoms with van der Waals surface area (Å²) in [6.07, 6.45) is -3.47. The Morgan fingerprint density at radius 1 is 0.846 bits per heavy atom. The molecule has 5 nitrogen and oxygen atoms in total. The number of aromatic nitrogens is 1. The van der Waals surface area contributed by atoms with Crippen LogP contribution in [0.5, 0.6) is 0 Å². The van der Waals surface area contributed by atoms with Crippen molar-refractivity contribution in [1.29, 1.82) is 0 Å². The molecule has 0 bridgehead atoms. The van der Waals surface area contributed by atoms with Crippen LogP contribution in [0.2, 0.25) is 0 Å². The van der Waals surface area contributed by atoms with Crippen LogP contribution in [0.4, 0.5) is 29.3 Å². The first-order chi connectivity index (χ1) is 18.7. The number of hydrogen-bond donors (Lipinski definition) is 1. The van der Waals surface area contributed by atoms with E-state index >= 15 is 0 Å². The van der Waals surface area contributed by atoms with E-state index in [2.05, 4.69) is 4.98 Å². The van der Waals surface area contributed by atoms with Crippen molar-refractivity contribution < 1.29 is 22.8 Å². The Morgan fingerprint density at radius 2 is 1.54 bits per heavy atom. The van der Waals surface area contributed by atoms with E-state index in [1.807, 2.05) is 19.1 Å². The topological polar surface area (TPSA) is 76.3 Å². The average molecular weight is 526 g/mol. The molecular formula is C31H22F3N3O2. The van der Waals surface area contributed by atoms with Gasteiger partial charge < -0.3 is 5.73 Å². The van der Waals surface area contributed by atoms with Gasteiger partial charge in [-0.25, -0.2) is 4.79 Å². The number of anilines is 2. The lowest BCUT2D eigenvalue weighted by Gasteiger charge is -2.23. The van der Waals surface area contributed by atoms with Crippen LogP contribution >= 0.6 is 0 Å². The molecule has 2 N–H and O–H groups in total. The summed E-state index contributed by atoms with van der Waals surface area (Å²) in [5.41, 5.74) is 7.53. The number of nitrogens with two attached hydrogens (primary N) is 1. The van der Waals surface area contributed by atoms with Crippen molar-refractivity contribution in [2.45, 2.75) is 13.1 Å². The van der Waals surface area contributed by atoms with Crippen LogP contribution in [0.1, 0.15) is 27.0 Å². The van der Waals surface area contributed by atoms with Gasteiger partial charge in [-0.3, -0.25) is 14.7 Å². The first kappa shape index (κ1) is 25.7. The summed E-state index contributed by atoms with van der Waals surface area (Å²) in [6.45, 7) is 1.83. The third kappa shape index (κ3) is 4.84.